The molecule has 0 aromatic rings. The fraction of sp³-hybridized carbons (Fsp3) is 0.923. The van der Waals surface area contributed by atoms with E-state index in [0.717, 1.165) is 19.3 Å². The van der Waals surface area contributed by atoms with Gasteiger partial charge in [0.15, 0.2) is 0 Å². The quantitative estimate of drug-likeness (QED) is 0.273. The molecule has 0 aromatic carbocycles. The highest BCUT2D eigenvalue weighted by atomic mass is 31.3. The van der Waals surface area contributed by atoms with E-state index in [9.17, 15) is 14.3 Å². The zero-order valence-electron chi connectivity index (χ0n) is 13.2. The minimum atomic E-state index is -4.99. The number of hydrogen-bond acceptors (Lipinski definition) is 6. The Morgan fingerprint density at radius 3 is 1.73 bits per heavy atom. The minimum absolute atomic E-state index is 0.129. The molecule has 0 saturated heterocycles. The van der Waals surface area contributed by atoms with Crippen LogP contribution in [0.3, 0.4) is 0 Å². The summed E-state index contributed by atoms with van der Waals surface area (Å²) >= 11 is 0. The van der Waals surface area contributed by atoms with E-state index in [1.54, 1.807) is 0 Å². The van der Waals surface area contributed by atoms with E-state index in [-0.39, 0.29) is 6.61 Å². The first-order valence-corrected chi connectivity index (χ1v) is 11.0. The molecule has 0 aliphatic heterocycles. The standard InChI is InChI=1S/C13H28O7P2/c1-2-3-4-5-6-7-8-9-10-11-12-20-22(18,19)13(14)21(15,16)17/h15-17H,2-12H2,1H3/p+1. The van der Waals surface area contributed by atoms with Crippen LogP contribution in [0, 0.1) is 0 Å². The molecule has 0 aliphatic carbocycles. The van der Waals surface area contributed by atoms with Gasteiger partial charge in [-0.25, -0.2) is 9.36 Å². The minimum Gasteiger partial charge on any atom is -0.316 e. The summed E-state index contributed by atoms with van der Waals surface area (Å²) in [5.41, 5.74) is 0. The molecule has 7 nitrogen and oxygen atoms in total. The van der Waals surface area contributed by atoms with Crippen LogP contribution in [0.25, 0.3) is 0 Å². The highest BCUT2D eigenvalue weighted by Gasteiger charge is 2.56. The molecular weight excluding hydrogens is 330 g/mol. The lowest BCUT2D eigenvalue weighted by atomic mass is 10.1. The lowest BCUT2D eigenvalue weighted by molar-refractivity contribution is 0.229. The molecule has 0 bridgehead atoms. The van der Waals surface area contributed by atoms with Gasteiger partial charge in [0.25, 0.3) is 0 Å². The molecule has 0 rings (SSSR count). The van der Waals surface area contributed by atoms with E-state index in [4.69, 9.17) is 14.7 Å². The van der Waals surface area contributed by atoms with Crippen molar-refractivity contribution < 1.29 is 33.5 Å². The largest absolute Gasteiger partial charge is 0.492 e. The number of carbonyl (C=O) groups excluding carboxylic acids is 1. The molecule has 0 heterocycles. The van der Waals surface area contributed by atoms with Crippen LogP contribution in [0.2, 0.25) is 0 Å². The lowest BCUT2D eigenvalue weighted by Gasteiger charge is -2.09. The summed E-state index contributed by atoms with van der Waals surface area (Å²) < 4.78 is 15.9. The van der Waals surface area contributed by atoms with Gasteiger partial charge in [0.1, 0.15) is 0 Å². The molecule has 132 valence electrons. The third-order valence-corrected chi connectivity index (χ3v) is 6.36. The van der Waals surface area contributed by atoms with Crippen molar-refractivity contribution in [3.8, 4) is 0 Å². The van der Waals surface area contributed by atoms with Crippen molar-refractivity contribution in [2.45, 2.75) is 71.1 Å². The first kappa shape index (κ1) is 22.1. The predicted octanol–water partition coefficient (Wildman–Crippen LogP) is 3.97. The van der Waals surface area contributed by atoms with Crippen LogP contribution >= 0.6 is 15.5 Å². The van der Waals surface area contributed by atoms with E-state index in [0.29, 0.717) is 6.42 Å². The SMILES string of the molecule is CCCCCCCCCCCCOP(=O)(O)C(=O)[P+](O)(O)O. The van der Waals surface area contributed by atoms with Gasteiger partial charge in [0, 0.05) is 0 Å². The molecule has 22 heavy (non-hydrogen) atoms. The van der Waals surface area contributed by atoms with Crippen molar-refractivity contribution in [1.82, 2.24) is 0 Å². The molecule has 9 heteroatoms. The molecule has 4 N–H and O–H groups in total. The Morgan fingerprint density at radius 1 is 0.909 bits per heavy atom. The smallest absolute Gasteiger partial charge is 0.316 e. The van der Waals surface area contributed by atoms with Gasteiger partial charge in [-0.3, -0.25) is 0 Å². The first-order valence-electron chi connectivity index (χ1n) is 7.81. The highest BCUT2D eigenvalue weighted by Crippen LogP contribution is 2.62. The maximum Gasteiger partial charge on any atom is 0.492 e. The molecule has 1 unspecified atom stereocenters. The fourth-order valence-electron chi connectivity index (χ4n) is 2.00. The van der Waals surface area contributed by atoms with Crippen molar-refractivity contribution in [3.05, 3.63) is 0 Å². The van der Waals surface area contributed by atoms with E-state index >= 15 is 0 Å². The summed E-state index contributed by atoms with van der Waals surface area (Å²) in [5.74, 6) is 0. The first-order chi connectivity index (χ1) is 10.2. The van der Waals surface area contributed by atoms with Crippen molar-refractivity contribution in [3.63, 3.8) is 0 Å². The van der Waals surface area contributed by atoms with Gasteiger partial charge in [0.05, 0.1) is 6.61 Å². The van der Waals surface area contributed by atoms with Crippen molar-refractivity contribution >= 4 is 20.8 Å². The van der Waals surface area contributed by atoms with Crippen molar-refractivity contribution in [1.29, 1.82) is 0 Å². The summed E-state index contributed by atoms with van der Waals surface area (Å²) in [6, 6.07) is 0. The lowest BCUT2D eigenvalue weighted by Crippen LogP contribution is -2.07. The van der Waals surface area contributed by atoms with Gasteiger partial charge in [-0.1, -0.05) is 64.7 Å². The van der Waals surface area contributed by atoms with Crippen LogP contribution in [-0.4, -0.2) is 31.4 Å². The van der Waals surface area contributed by atoms with E-state index in [1.807, 2.05) is 0 Å². The van der Waals surface area contributed by atoms with Crippen LogP contribution in [0.4, 0.5) is 4.79 Å². The third kappa shape index (κ3) is 10.8. The van der Waals surface area contributed by atoms with E-state index < -0.39 is 20.8 Å². The van der Waals surface area contributed by atoms with Crippen molar-refractivity contribution in [2.24, 2.45) is 0 Å². The molecule has 0 radical (unpaired) electrons. The summed E-state index contributed by atoms with van der Waals surface area (Å²) in [4.78, 5) is 46.2. The summed E-state index contributed by atoms with van der Waals surface area (Å²) in [6.45, 7) is 2.06. The average Bonchev–Trinajstić information content (AvgIpc) is 2.43. The molecule has 0 amide bonds. The Labute approximate surface area is 132 Å². The highest BCUT2D eigenvalue weighted by molar-refractivity contribution is 8.00. The zero-order valence-corrected chi connectivity index (χ0v) is 15.0. The number of unbranched alkanes of at least 4 members (excludes halogenated alkanes) is 9. The van der Waals surface area contributed by atoms with Crippen LogP contribution in [-0.2, 0) is 9.09 Å². The molecule has 0 aromatic heterocycles. The topological polar surface area (TPSA) is 124 Å². The summed E-state index contributed by atoms with van der Waals surface area (Å²) in [5, 5.41) is -1.92. The van der Waals surface area contributed by atoms with Gasteiger partial charge in [-0.05, 0) is 6.42 Å². The number of hydrogen-bond donors (Lipinski definition) is 4. The molecule has 0 aliphatic rings. The van der Waals surface area contributed by atoms with Gasteiger partial charge >= 0.3 is 20.8 Å². The molecule has 1 atom stereocenters. The van der Waals surface area contributed by atoms with Crippen molar-refractivity contribution in [2.75, 3.05) is 6.61 Å². The maximum atomic E-state index is 11.4. The normalized spacial score (nSPS) is 14.8. The van der Waals surface area contributed by atoms with Gasteiger partial charge < -0.3 is 9.42 Å². The van der Waals surface area contributed by atoms with Gasteiger partial charge in [-0.2, -0.15) is 14.7 Å². The van der Waals surface area contributed by atoms with Crippen LogP contribution in [0.1, 0.15) is 71.1 Å². The fourth-order valence-corrected chi connectivity index (χ4v) is 4.02. The second-order valence-corrected chi connectivity index (χ2v) is 8.99. The van der Waals surface area contributed by atoms with Crippen LogP contribution in [0.15, 0.2) is 0 Å². The molecule has 0 spiro atoms. The Morgan fingerprint density at radius 2 is 1.32 bits per heavy atom. The summed E-state index contributed by atoms with van der Waals surface area (Å²) in [7, 11) is -9.81. The average molecular weight is 359 g/mol. The predicted molar refractivity (Wildman–Crippen MR) is 86.6 cm³/mol. The van der Waals surface area contributed by atoms with Gasteiger partial charge in [0.2, 0.25) is 0 Å². The zero-order chi connectivity index (χ0) is 17.1. The molecule has 0 saturated carbocycles. The van der Waals surface area contributed by atoms with Crippen LogP contribution < -0.4 is 0 Å². The Kier molecular flexibility index (Phi) is 11.7. The Balaban J connectivity index is 3.57. The maximum absolute atomic E-state index is 11.4. The van der Waals surface area contributed by atoms with Crippen LogP contribution in [0.5, 0.6) is 0 Å². The second kappa shape index (κ2) is 11.6. The molecular formula is C13H29O7P2+. The summed E-state index contributed by atoms with van der Waals surface area (Å²) in [6.07, 6.45) is 10.9. The third-order valence-electron chi connectivity index (χ3n) is 3.26. The monoisotopic (exact) mass is 359 g/mol. The second-order valence-electron chi connectivity index (χ2n) is 5.39. The molecule has 0 fully saturated rings. The van der Waals surface area contributed by atoms with E-state index in [1.165, 1.54) is 38.5 Å². The Hall–Kier alpha value is 0.130. The number of rotatable bonds is 14. The van der Waals surface area contributed by atoms with Gasteiger partial charge in [-0.15, -0.1) is 0 Å². The Bertz CT molecular complexity index is 355. The van der Waals surface area contributed by atoms with E-state index in [2.05, 4.69) is 11.4 Å². The number of carbonyl (C=O) groups is 1.